The van der Waals surface area contributed by atoms with E-state index >= 15 is 0 Å². The average molecular weight is 252 g/mol. The molecule has 2 aliphatic heterocycles. The van der Waals surface area contributed by atoms with Gasteiger partial charge >= 0.3 is 0 Å². The molecule has 0 unspecified atom stereocenters. The van der Waals surface area contributed by atoms with Crippen LogP contribution in [0.15, 0.2) is 24.3 Å². The summed E-state index contributed by atoms with van der Waals surface area (Å²) >= 11 is 0. The lowest BCUT2D eigenvalue weighted by Crippen LogP contribution is -2.35. The van der Waals surface area contributed by atoms with Gasteiger partial charge in [-0.3, -0.25) is 0 Å². The van der Waals surface area contributed by atoms with E-state index in [0.29, 0.717) is 0 Å². The molecule has 2 aliphatic rings. The third-order valence-corrected chi connectivity index (χ3v) is 4.13. The second-order valence-corrected chi connectivity index (χ2v) is 5.26. The highest BCUT2D eigenvalue weighted by atomic mass is 15.7. The van der Waals surface area contributed by atoms with Crippen LogP contribution in [-0.2, 0) is 0 Å². The van der Waals surface area contributed by atoms with Crippen LogP contribution in [0.2, 0.25) is 0 Å². The molecule has 0 N–H and O–H groups in total. The molecule has 0 amide bonds. The van der Waals surface area contributed by atoms with Gasteiger partial charge in [0.2, 0.25) is 0 Å². The molecule has 0 aliphatic carbocycles. The molecule has 19 heavy (non-hydrogen) atoms. The first-order valence-electron chi connectivity index (χ1n) is 6.65. The Bertz CT molecular complexity index is 551. The van der Waals surface area contributed by atoms with Gasteiger partial charge < -0.3 is 0 Å². The van der Waals surface area contributed by atoms with Gasteiger partial charge in [-0.15, -0.1) is 0 Å². The van der Waals surface area contributed by atoms with Crippen LogP contribution in [0.5, 0.6) is 0 Å². The van der Waals surface area contributed by atoms with E-state index in [1.807, 2.05) is 0 Å². The lowest BCUT2D eigenvalue weighted by atomic mass is 9.90. The average Bonchev–Trinajstić information content (AvgIpc) is 2.98. The van der Waals surface area contributed by atoms with Gasteiger partial charge in [0.05, 0.1) is 24.1 Å². The number of rotatable bonds is 1. The molecular weight excluding hydrogens is 236 g/mol. The number of nitrogens with zero attached hydrogens (tertiary/aromatic N) is 4. The molecule has 1 aromatic carbocycles. The number of benzene rings is 1. The first-order valence-corrected chi connectivity index (χ1v) is 6.65. The standard InChI is InChI=1S/C15H16N4/c1-11-3-5-12(6-4-11)15-13(9-16)14(10-17)18-7-2-8-19(15)18/h3-6,13-15H,2,7-8H2,1H3/t13-,14+,15+/m0/s1. The third-order valence-electron chi connectivity index (χ3n) is 4.13. The predicted octanol–water partition coefficient (Wildman–Crippen LogP) is 2.00. The summed E-state index contributed by atoms with van der Waals surface area (Å²) < 4.78 is 0. The summed E-state index contributed by atoms with van der Waals surface area (Å²) in [7, 11) is 0. The summed E-state index contributed by atoms with van der Waals surface area (Å²) in [6, 6.07) is 12.7. The first kappa shape index (κ1) is 12.2. The maximum atomic E-state index is 9.45. The van der Waals surface area contributed by atoms with Gasteiger partial charge in [-0.2, -0.15) is 10.5 Å². The van der Waals surface area contributed by atoms with Gasteiger partial charge in [0.1, 0.15) is 6.04 Å². The largest absolute Gasteiger partial charge is 0.232 e. The van der Waals surface area contributed by atoms with Crippen molar-refractivity contribution in [1.82, 2.24) is 10.0 Å². The monoisotopic (exact) mass is 252 g/mol. The molecule has 3 atom stereocenters. The number of aryl methyl sites for hydroxylation is 1. The van der Waals surface area contributed by atoms with Crippen LogP contribution in [-0.4, -0.2) is 29.1 Å². The fourth-order valence-corrected chi connectivity index (χ4v) is 3.22. The number of nitriles is 2. The summed E-state index contributed by atoms with van der Waals surface area (Å²) in [4.78, 5) is 0. The van der Waals surface area contributed by atoms with Crippen LogP contribution in [0, 0.1) is 35.5 Å². The zero-order valence-corrected chi connectivity index (χ0v) is 11.0. The van der Waals surface area contributed by atoms with Crippen molar-refractivity contribution in [2.45, 2.75) is 25.4 Å². The molecule has 96 valence electrons. The van der Waals surface area contributed by atoms with Crippen LogP contribution in [0.25, 0.3) is 0 Å². The topological polar surface area (TPSA) is 54.1 Å². The second kappa shape index (κ2) is 4.66. The van der Waals surface area contributed by atoms with E-state index in [4.69, 9.17) is 0 Å². The van der Waals surface area contributed by atoms with Gasteiger partial charge in [-0.05, 0) is 18.9 Å². The van der Waals surface area contributed by atoms with Crippen LogP contribution in [0.3, 0.4) is 0 Å². The van der Waals surface area contributed by atoms with E-state index in [9.17, 15) is 10.5 Å². The Morgan fingerprint density at radius 2 is 1.74 bits per heavy atom. The van der Waals surface area contributed by atoms with Gasteiger partial charge in [-0.25, -0.2) is 10.0 Å². The molecule has 2 saturated heterocycles. The van der Waals surface area contributed by atoms with Crippen molar-refractivity contribution >= 4 is 0 Å². The Labute approximate surface area is 113 Å². The highest BCUT2D eigenvalue weighted by molar-refractivity contribution is 5.29. The number of hydrogen-bond acceptors (Lipinski definition) is 4. The summed E-state index contributed by atoms with van der Waals surface area (Å²) in [5.41, 5.74) is 2.35. The summed E-state index contributed by atoms with van der Waals surface area (Å²) in [6.07, 6.45) is 1.07. The molecule has 0 spiro atoms. The molecule has 4 heteroatoms. The Morgan fingerprint density at radius 3 is 2.37 bits per heavy atom. The quantitative estimate of drug-likeness (QED) is 0.767. The molecule has 0 radical (unpaired) electrons. The fourth-order valence-electron chi connectivity index (χ4n) is 3.22. The van der Waals surface area contributed by atoms with Crippen molar-refractivity contribution in [1.29, 1.82) is 10.5 Å². The van der Waals surface area contributed by atoms with E-state index in [-0.39, 0.29) is 18.0 Å². The Balaban J connectivity index is 2.01. The van der Waals surface area contributed by atoms with Crippen LogP contribution >= 0.6 is 0 Å². The minimum Gasteiger partial charge on any atom is -0.232 e. The zero-order valence-electron chi connectivity index (χ0n) is 11.0. The highest BCUT2D eigenvalue weighted by Gasteiger charge is 2.50. The van der Waals surface area contributed by atoms with Gasteiger partial charge in [-0.1, -0.05) is 29.8 Å². The first-order chi connectivity index (χ1) is 9.26. The smallest absolute Gasteiger partial charge is 0.129 e. The molecule has 2 fully saturated rings. The highest BCUT2D eigenvalue weighted by Crippen LogP contribution is 2.43. The molecular formula is C15H16N4. The van der Waals surface area contributed by atoms with Gasteiger partial charge in [0, 0.05) is 13.1 Å². The summed E-state index contributed by atoms with van der Waals surface area (Å²) in [6.45, 7) is 3.88. The van der Waals surface area contributed by atoms with Gasteiger partial charge in [0.15, 0.2) is 0 Å². The van der Waals surface area contributed by atoms with Crippen molar-refractivity contribution in [2.24, 2.45) is 5.92 Å². The number of hydrogen-bond donors (Lipinski definition) is 0. The number of hydrazine groups is 1. The lowest BCUT2D eigenvalue weighted by molar-refractivity contribution is 0.0383. The Hall–Kier alpha value is -1.88. The maximum Gasteiger partial charge on any atom is 0.129 e. The molecule has 0 bridgehead atoms. The van der Waals surface area contributed by atoms with E-state index in [1.54, 1.807) is 0 Å². The molecule has 0 saturated carbocycles. The van der Waals surface area contributed by atoms with Crippen LogP contribution < -0.4 is 0 Å². The van der Waals surface area contributed by atoms with Crippen molar-refractivity contribution in [3.05, 3.63) is 35.4 Å². The van der Waals surface area contributed by atoms with E-state index in [1.165, 1.54) is 5.56 Å². The lowest BCUT2D eigenvalue weighted by Gasteiger charge is -2.25. The van der Waals surface area contributed by atoms with Crippen molar-refractivity contribution in [3.8, 4) is 12.1 Å². The van der Waals surface area contributed by atoms with Gasteiger partial charge in [0.25, 0.3) is 0 Å². The molecule has 1 aromatic rings. The fraction of sp³-hybridized carbons (Fsp3) is 0.467. The predicted molar refractivity (Wildman–Crippen MR) is 70.5 cm³/mol. The van der Waals surface area contributed by atoms with Crippen molar-refractivity contribution in [3.63, 3.8) is 0 Å². The summed E-state index contributed by atoms with van der Waals surface area (Å²) in [5, 5.41) is 23.1. The van der Waals surface area contributed by atoms with E-state index < -0.39 is 0 Å². The minimum absolute atomic E-state index is 0.0257. The molecule has 0 aromatic heterocycles. The van der Waals surface area contributed by atoms with Crippen molar-refractivity contribution in [2.75, 3.05) is 13.1 Å². The number of fused-ring (bicyclic) bond motifs is 1. The van der Waals surface area contributed by atoms with E-state index in [0.717, 1.165) is 25.1 Å². The Morgan fingerprint density at radius 1 is 1.05 bits per heavy atom. The zero-order chi connectivity index (χ0) is 13.4. The SMILES string of the molecule is Cc1ccc([C@@H]2[C@@H](C#N)[C@@H](C#N)N3CCCN23)cc1. The third kappa shape index (κ3) is 1.81. The molecule has 4 nitrogen and oxygen atoms in total. The normalized spacial score (nSPS) is 30.8. The molecule has 3 rings (SSSR count). The van der Waals surface area contributed by atoms with Crippen LogP contribution in [0.4, 0.5) is 0 Å². The van der Waals surface area contributed by atoms with E-state index in [2.05, 4.69) is 53.3 Å². The Kier molecular flexibility index (Phi) is 2.98. The van der Waals surface area contributed by atoms with Crippen molar-refractivity contribution < 1.29 is 0 Å². The second-order valence-electron chi connectivity index (χ2n) is 5.26. The molecule has 2 heterocycles. The van der Waals surface area contributed by atoms with Crippen LogP contribution in [0.1, 0.15) is 23.6 Å². The maximum absolute atomic E-state index is 9.45. The summed E-state index contributed by atoms with van der Waals surface area (Å²) in [5.74, 6) is -0.270. The minimum atomic E-state index is -0.307.